The van der Waals surface area contributed by atoms with E-state index in [1.54, 1.807) is 0 Å². The number of thiophene rings is 2. The molecular weight excluding hydrogens is 1160 g/mol. The predicted molar refractivity (Wildman–Crippen MR) is 399 cm³/mol. The van der Waals surface area contributed by atoms with Crippen LogP contribution in [0.2, 0.25) is 0 Å². The number of nitrogens with zero attached hydrogens (tertiary/aromatic N) is 2. The van der Waals surface area contributed by atoms with Crippen LogP contribution in [0.3, 0.4) is 0 Å². The summed E-state index contributed by atoms with van der Waals surface area (Å²) in [4.78, 5) is 4.94. The van der Waals surface area contributed by atoms with Crippen molar-refractivity contribution in [3.8, 4) is 54.5 Å². The van der Waals surface area contributed by atoms with Crippen LogP contribution in [0.1, 0.15) is 43.1 Å². The van der Waals surface area contributed by atoms with Crippen molar-refractivity contribution in [3.63, 3.8) is 0 Å². The standard InChI is InChI=1S/C89H54N2S2/c1-3-19-63-57(17-1)53-85(71-25-7-5-21-65(63)71)90-81-31-15-11-27-73(81)75-51-59(37-45-83(75)90)87-47-41-61(92-87)39-33-55-35-43-69-70-44-36-56(50-80(70)89(79(69)49-55)77-29-13-9-23-67(77)68-24-10-14-30-78(68)89)34-40-62-42-48-88(93-62)60-38-46-84-76(52-60)74-28-12-16-32-82(74)91(84)86-54-58-18-2-4-20-64(58)66-22-6-8-26-72(66)86/h1-54H. The summed E-state index contributed by atoms with van der Waals surface area (Å²) in [5.41, 5.74) is 22.1. The monoisotopic (exact) mass is 1210 g/mol. The van der Waals surface area contributed by atoms with Crippen molar-refractivity contribution in [2.24, 2.45) is 0 Å². The van der Waals surface area contributed by atoms with Gasteiger partial charge in [-0.25, -0.2) is 0 Å². The van der Waals surface area contributed by atoms with Gasteiger partial charge >= 0.3 is 0 Å². The van der Waals surface area contributed by atoms with Crippen molar-refractivity contribution in [1.29, 1.82) is 0 Å². The van der Waals surface area contributed by atoms with Crippen molar-refractivity contribution in [2.45, 2.75) is 5.41 Å². The lowest BCUT2D eigenvalue weighted by Gasteiger charge is -2.30. The third-order valence-electron chi connectivity index (χ3n) is 20.2. The minimum Gasteiger partial charge on any atom is -0.309 e. The van der Waals surface area contributed by atoms with Crippen molar-refractivity contribution in [2.75, 3.05) is 0 Å². The normalized spacial score (nSPS) is 13.2. The second-order valence-electron chi connectivity index (χ2n) is 25.0. The molecule has 0 atom stereocenters. The van der Waals surface area contributed by atoms with Gasteiger partial charge in [0.2, 0.25) is 0 Å². The van der Waals surface area contributed by atoms with Crippen LogP contribution in [0.25, 0.3) is 166 Å². The fraction of sp³-hybridized carbons (Fsp3) is 0.0112. The van der Waals surface area contributed by atoms with Gasteiger partial charge in [0.1, 0.15) is 0 Å². The molecule has 0 saturated heterocycles. The van der Waals surface area contributed by atoms with E-state index in [0.717, 1.165) is 0 Å². The molecule has 4 heteroatoms. The van der Waals surface area contributed by atoms with Gasteiger partial charge in [-0.1, -0.05) is 231 Å². The topological polar surface area (TPSA) is 9.86 Å². The van der Waals surface area contributed by atoms with Crippen LogP contribution in [-0.2, 0) is 5.41 Å². The number of benzene rings is 14. The smallest absolute Gasteiger partial charge is 0.0725 e. The summed E-state index contributed by atoms with van der Waals surface area (Å²) in [6.45, 7) is 0. The van der Waals surface area contributed by atoms with Gasteiger partial charge in [0.15, 0.2) is 0 Å². The maximum absolute atomic E-state index is 2.48. The SMILES string of the molecule is C(=Cc1ccc(-c2ccc3c(c2)c2ccccc2n3-c2cc3ccccc3c3ccccc23)s1)c1ccc2c(c1)C1(c3ccccc3-c3ccccc31)c1cc(C=Cc3ccc(-c4ccc5c(c4)c4ccccc4n5-c4cc5ccccc5c5ccccc45)s3)ccc1-2. The average Bonchev–Trinajstić information content (AvgIpc) is 1.51. The minimum atomic E-state index is -0.482. The number of rotatable bonds is 8. The highest BCUT2D eigenvalue weighted by Crippen LogP contribution is 2.63. The predicted octanol–water partition coefficient (Wildman–Crippen LogP) is 24.6. The Bertz CT molecular complexity index is 5890. The number of para-hydroxylation sites is 2. The summed E-state index contributed by atoms with van der Waals surface area (Å²) >= 11 is 3.69. The molecule has 0 aliphatic heterocycles. The molecule has 2 aliphatic carbocycles. The zero-order chi connectivity index (χ0) is 60.9. The number of fused-ring (bicyclic) bond motifs is 22. The molecule has 18 aromatic rings. The summed E-state index contributed by atoms with van der Waals surface area (Å²) in [6, 6.07) is 114. The molecule has 1 spiro atoms. The summed E-state index contributed by atoms with van der Waals surface area (Å²) in [6.07, 6.45) is 9.25. The van der Waals surface area contributed by atoms with Gasteiger partial charge in [0, 0.05) is 51.8 Å². The van der Waals surface area contributed by atoms with Gasteiger partial charge < -0.3 is 9.13 Å². The molecule has 0 N–H and O–H groups in total. The summed E-state index contributed by atoms with van der Waals surface area (Å²) < 4.78 is 4.95. The lowest BCUT2D eigenvalue weighted by Crippen LogP contribution is -2.26. The molecule has 432 valence electrons. The highest BCUT2D eigenvalue weighted by Gasteiger charge is 2.51. The van der Waals surface area contributed by atoms with Crippen molar-refractivity contribution < 1.29 is 0 Å². The number of hydrogen-bond acceptors (Lipinski definition) is 2. The molecular formula is C89H54N2S2. The molecule has 14 aromatic carbocycles. The molecule has 0 amide bonds. The van der Waals surface area contributed by atoms with Gasteiger partial charge in [-0.05, 0) is 196 Å². The van der Waals surface area contributed by atoms with Crippen molar-refractivity contribution >= 4 is 134 Å². The van der Waals surface area contributed by atoms with Crippen LogP contribution < -0.4 is 0 Å². The van der Waals surface area contributed by atoms with E-state index >= 15 is 0 Å². The van der Waals surface area contributed by atoms with E-state index < -0.39 is 5.41 Å². The van der Waals surface area contributed by atoms with E-state index in [9.17, 15) is 0 Å². The quantitative estimate of drug-likeness (QED) is 0.134. The summed E-state index contributed by atoms with van der Waals surface area (Å²) in [7, 11) is 0. The zero-order valence-corrected chi connectivity index (χ0v) is 52.0. The second kappa shape index (κ2) is 20.3. The first-order chi connectivity index (χ1) is 46.1. The van der Waals surface area contributed by atoms with Gasteiger partial charge in [-0.3, -0.25) is 0 Å². The Morgan fingerprint density at radius 1 is 0.247 bits per heavy atom. The fourth-order valence-corrected chi connectivity index (χ4v) is 18.0. The summed E-state index contributed by atoms with van der Waals surface area (Å²) in [5.74, 6) is 0. The third-order valence-corrected chi connectivity index (χ3v) is 22.4. The van der Waals surface area contributed by atoms with Crippen molar-refractivity contribution in [3.05, 3.63) is 346 Å². The Balaban J connectivity index is 0.627. The molecule has 0 fully saturated rings. The van der Waals surface area contributed by atoms with E-state index in [2.05, 4.69) is 337 Å². The highest BCUT2D eigenvalue weighted by atomic mass is 32.1. The largest absolute Gasteiger partial charge is 0.309 e. The molecule has 2 nitrogen and oxygen atoms in total. The van der Waals surface area contributed by atoms with Gasteiger partial charge in [-0.15, -0.1) is 22.7 Å². The molecule has 20 rings (SSSR count). The second-order valence-corrected chi connectivity index (χ2v) is 27.2. The Morgan fingerprint density at radius 2 is 0.624 bits per heavy atom. The van der Waals surface area contributed by atoms with Crippen LogP contribution in [-0.4, -0.2) is 9.13 Å². The number of aromatic nitrogens is 2. The zero-order valence-electron chi connectivity index (χ0n) is 50.4. The van der Waals surface area contributed by atoms with E-state index in [-0.39, 0.29) is 0 Å². The molecule has 0 saturated carbocycles. The van der Waals surface area contributed by atoms with Crippen LogP contribution >= 0.6 is 22.7 Å². The summed E-state index contributed by atoms with van der Waals surface area (Å²) in [5, 5.41) is 15.1. The molecule has 0 unspecified atom stereocenters. The molecule has 4 aromatic heterocycles. The maximum atomic E-state index is 2.48. The van der Waals surface area contributed by atoms with E-state index in [4.69, 9.17) is 0 Å². The first-order valence-corrected chi connectivity index (χ1v) is 33.7. The third kappa shape index (κ3) is 7.80. The molecule has 4 heterocycles. The molecule has 0 bridgehead atoms. The lowest BCUT2D eigenvalue weighted by molar-refractivity contribution is 0.793. The van der Waals surface area contributed by atoms with Crippen LogP contribution in [0.4, 0.5) is 0 Å². The van der Waals surface area contributed by atoms with Gasteiger partial charge in [-0.2, -0.15) is 0 Å². The maximum Gasteiger partial charge on any atom is 0.0725 e. The fourth-order valence-electron chi connectivity index (χ4n) is 16.1. The average molecular weight is 1220 g/mol. The minimum absolute atomic E-state index is 0.482. The first kappa shape index (κ1) is 52.4. The van der Waals surface area contributed by atoms with Gasteiger partial charge in [0.05, 0.1) is 38.9 Å². The molecule has 0 radical (unpaired) electrons. The van der Waals surface area contributed by atoms with Gasteiger partial charge in [0.25, 0.3) is 0 Å². The lowest BCUT2D eigenvalue weighted by atomic mass is 9.70. The molecule has 2 aliphatic rings. The van der Waals surface area contributed by atoms with E-state index in [0.29, 0.717) is 0 Å². The van der Waals surface area contributed by atoms with E-state index in [1.807, 2.05) is 22.7 Å². The first-order valence-electron chi connectivity index (χ1n) is 32.0. The van der Waals surface area contributed by atoms with Crippen LogP contribution in [0, 0.1) is 0 Å². The Hall–Kier alpha value is -11.4. The number of hydrogen-bond donors (Lipinski definition) is 0. The highest BCUT2D eigenvalue weighted by molar-refractivity contribution is 7.16. The Kier molecular flexibility index (Phi) is 11.4. The van der Waals surface area contributed by atoms with Crippen molar-refractivity contribution in [1.82, 2.24) is 9.13 Å². The Labute approximate surface area is 545 Å². The van der Waals surface area contributed by atoms with E-state index in [1.165, 1.54) is 184 Å². The molecule has 93 heavy (non-hydrogen) atoms. The van der Waals surface area contributed by atoms with Crippen LogP contribution in [0.15, 0.2) is 303 Å². The van der Waals surface area contributed by atoms with Crippen LogP contribution in [0.5, 0.6) is 0 Å². The Morgan fingerprint density at radius 3 is 1.10 bits per heavy atom.